The highest BCUT2D eigenvalue weighted by molar-refractivity contribution is 6.01. The largest absolute Gasteiger partial charge is 0.457 e. The van der Waals surface area contributed by atoms with E-state index in [0.29, 0.717) is 17.8 Å². The number of carbonyl (C=O) groups excluding carboxylic acids is 3. The molecular formula is C24H28O4. The van der Waals surface area contributed by atoms with Crippen LogP contribution in [0.2, 0.25) is 0 Å². The van der Waals surface area contributed by atoms with Gasteiger partial charge in [-0.3, -0.25) is 14.4 Å². The lowest BCUT2D eigenvalue weighted by atomic mass is 9.50. The molecule has 0 heterocycles. The zero-order chi connectivity index (χ0) is 20.3. The third-order valence-corrected chi connectivity index (χ3v) is 7.56. The number of esters is 1. The Morgan fingerprint density at radius 1 is 1.21 bits per heavy atom. The second-order valence-electron chi connectivity index (χ2n) is 9.23. The van der Waals surface area contributed by atoms with Gasteiger partial charge in [-0.15, -0.1) is 0 Å². The van der Waals surface area contributed by atoms with Crippen LogP contribution < -0.4 is 0 Å². The highest BCUT2D eigenvalue weighted by Crippen LogP contribution is 2.63. The summed E-state index contributed by atoms with van der Waals surface area (Å²) in [5.41, 5.74) is 3.05. The number of Topliss-reactive ketones (excluding diaryl/α,β-unsaturated/α-hetero) is 1. The molecule has 0 aliphatic heterocycles. The van der Waals surface area contributed by atoms with Crippen molar-refractivity contribution in [1.82, 2.24) is 0 Å². The predicted octanol–water partition coefficient (Wildman–Crippen LogP) is 4.13. The van der Waals surface area contributed by atoms with Gasteiger partial charge >= 0.3 is 5.97 Å². The van der Waals surface area contributed by atoms with Gasteiger partial charge in [0.1, 0.15) is 0 Å². The molecule has 0 amide bonds. The summed E-state index contributed by atoms with van der Waals surface area (Å²) in [6.45, 7) is 7.79. The van der Waals surface area contributed by atoms with Gasteiger partial charge in [0.05, 0.1) is 0 Å². The van der Waals surface area contributed by atoms with E-state index in [1.807, 2.05) is 6.08 Å². The highest BCUT2D eigenvalue weighted by atomic mass is 16.5. The van der Waals surface area contributed by atoms with Crippen LogP contribution in [0.25, 0.3) is 0 Å². The average Bonchev–Trinajstić information content (AvgIpc) is 2.99. The minimum atomic E-state index is -0.425. The van der Waals surface area contributed by atoms with E-state index in [4.69, 9.17) is 4.74 Å². The van der Waals surface area contributed by atoms with Gasteiger partial charge < -0.3 is 4.74 Å². The molecule has 0 N–H and O–H groups in total. The van der Waals surface area contributed by atoms with Crippen LogP contribution in [0.5, 0.6) is 0 Å². The third-order valence-electron chi connectivity index (χ3n) is 7.56. The summed E-state index contributed by atoms with van der Waals surface area (Å²) in [7, 11) is 0. The first-order chi connectivity index (χ1) is 13.2. The lowest BCUT2D eigenvalue weighted by molar-refractivity contribution is -0.145. The molecule has 28 heavy (non-hydrogen) atoms. The Labute approximate surface area is 166 Å². The van der Waals surface area contributed by atoms with Gasteiger partial charge in [-0.1, -0.05) is 37.6 Å². The van der Waals surface area contributed by atoms with E-state index < -0.39 is 5.97 Å². The van der Waals surface area contributed by atoms with Crippen molar-refractivity contribution in [2.45, 2.75) is 47.0 Å². The van der Waals surface area contributed by atoms with Gasteiger partial charge in [0.25, 0.3) is 0 Å². The second-order valence-corrected chi connectivity index (χ2v) is 9.23. The van der Waals surface area contributed by atoms with Crippen molar-refractivity contribution >= 4 is 17.5 Å². The van der Waals surface area contributed by atoms with Gasteiger partial charge in [-0.25, -0.2) is 0 Å². The Morgan fingerprint density at radius 3 is 2.68 bits per heavy atom. The lowest BCUT2D eigenvalue weighted by Gasteiger charge is -2.53. The standard InChI is InChI=1S/C24H28O4/c1-14-11-17-18-5-6-20(22(27)13-28-15(2)25)23(18,3)10-8-19(17)24(4)9-7-16(26)12-21(14)24/h6-9,12,14,17-18H,5,10-11,13H2,1-4H3/t14-,17?,18?,23-,24+/m0/s1. The minimum Gasteiger partial charge on any atom is -0.457 e. The Hall–Kier alpha value is -2.23. The number of carbonyl (C=O) groups is 3. The maximum absolute atomic E-state index is 12.7. The number of ketones is 2. The van der Waals surface area contributed by atoms with Crippen LogP contribution in [-0.4, -0.2) is 24.1 Å². The molecule has 4 rings (SSSR count). The van der Waals surface area contributed by atoms with Crippen LogP contribution in [0.15, 0.2) is 47.1 Å². The van der Waals surface area contributed by atoms with E-state index in [-0.39, 0.29) is 29.0 Å². The smallest absolute Gasteiger partial charge is 0.303 e. The summed E-state index contributed by atoms with van der Waals surface area (Å²) in [5, 5.41) is 0. The Morgan fingerprint density at radius 2 is 1.96 bits per heavy atom. The van der Waals surface area contributed by atoms with E-state index in [9.17, 15) is 14.4 Å². The molecule has 5 atom stereocenters. The highest BCUT2D eigenvalue weighted by Gasteiger charge is 2.55. The lowest BCUT2D eigenvalue weighted by Crippen LogP contribution is -2.45. The summed E-state index contributed by atoms with van der Waals surface area (Å²) >= 11 is 0. The maximum atomic E-state index is 12.7. The molecule has 1 saturated carbocycles. The number of allylic oxidation sites excluding steroid dienone is 7. The zero-order valence-electron chi connectivity index (χ0n) is 17.1. The summed E-state index contributed by atoms with van der Waals surface area (Å²) in [5.74, 6) is 0.686. The van der Waals surface area contributed by atoms with Crippen molar-refractivity contribution in [2.75, 3.05) is 6.61 Å². The molecule has 0 bridgehead atoms. The van der Waals surface area contributed by atoms with Gasteiger partial charge in [0.2, 0.25) is 0 Å². The first-order valence-corrected chi connectivity index (χ1v) is 10.2. The molecule has 4 heteroatoms. The number of fused-ring (bicyclic) bond motifs is 5. The SMILES string of the molecule is CC(=O)OCC(=O)C1=CCC2C3C[C@H](C)C4=CC(=O)C=C[C@]4(C)C3=CC[C@]12C. The van der Waals surface area contributed by atoms with E-state index in [1.165, 1.54) is 18.1 Å². The Kier molecular flexibility index (Phi) is 4.36. The molecule has 4 aliphatic carbocycles. The summed E-state index contributed by atoms with van der Waals surface area (Å²) in [4.78, 5) is 35.8. The maximum Gasteiger partial charge on any atom is 0.303 e. The molecule has 0 radical (unpaired) electrons. The van der Waals surface area contributed by atoms with Crippen molar-refractivity contribution < 1.29 is 19.1 Å². The molecule has 2 unspecified atom stereocenters. The number of rotatable bonds is 3. The van der Waals surface area contributed by atoms with Crippen LogP contribution in [0.1, 0.15) is 47.0 Å². The van der Waals surface area contributed by atoms with E-state index in [1.54, 1.807) is 6.08 Å². The predicted molar refractivity (Wildman–Crippen MR) is 106 cm³/mol. The zero-order valence-corrected chi connectivity index (χ0v) is 17.1. The van der Waals surface area contributed by atoms with E-state index in [0.717, 1.165) is 24.8 Å². The third kappa shape index (κ3) is 2.68. The first-order valence-electron chi connectivity index (χ1n) is 10.2. The molecule has 0 spiro atoms. The van der Waals surface area contributed by atoms with Crippen LogP contribution in [0.4, 0.5) is 0 Å². The molecule has 0 aromatic rings. The summed E-state index contributed by atoms with van der Waals surface area (Å²) in [6, 6.07) is 0. The van der Waals surface area contributed by atoms with Gasteiger partial charge in [-0.2, -0.15) is 0 Å². The molecule has 0 aromatic carbocycles. The minimum absolute atomic E-state index is 0.0733. The fourth-order valence-electron chi connectivity index (χ4n) is 6.18. The fourth-order valence-corrected chi connectivity index (χ4v) is 6.18. The quantitative estimate of drug-likeness (QED) is 0.546. The summed E-state index contributed by atoms with van der Waals surface area (Å²) < 4.78 is 4.97. The van der Waals surface area contributed by atoms with E-state index >= 15 is 0 Å². The molecular weight excluding hydrogens is 352 g/mol. The normalized spacial score (nSPS) is 38.5. The van der Waals surface area contributed by atoms with Crippen LogP contribution >= 0.6 is 0 Å². The molecule has 148 valence electrons. The van der Waals surface area contributed by atoms with Crippen LogP contribution in [0.3, 0.4) is 0 Å². The Balaban J connectivity index is 1.67. The molecule has 4 aliphatic rings. The monoisotopic (exact) mass is 380 g/mol. The summed E-state index contributed by atoms with van der Waals surface area (Å²) in [6.07, 6.45) is 12.7. The second kappa shape index (κ2) is 6.40. The van der Waals surface area contributed by atoms with Crippen molar-refractivity contribution in [3.05, 3.63) is 47.1 Å². The first kappa shape index (κ1) is 19.1. The fraction of sp³-hybridized carbons (Fsp3) is 0.542. The van der Waals surface area contributed by atoms with Crippen molar-refractivity contribution in [3.63, 3.8) is 0 Å². The molecule has 0 saturated heterocycles. The number of hydrogen-bond donors (Lipinski definition) is 0. The van der Waals surface area contributed by atoms with Crippen LogP contribution in [-0.2, 0) is 19.1 Å². The molecule has 0 aromatic heterocycles. The Bertz CT molecular complexity index is 886. The van der Waals surface area contributed by atoms with Gasteiger partial charge in [-0.05, 0) is 61.7 Å². The number of ether oxygens (including phenoxy) is 1. The van der Waals surface area contributed by atoms with Gasteiger partial charge in [0.15, 0.2) is 18.2 Å². The van der Waals surface area contributed by atoms with Gasteiger partial charge in [0, 0.05) is 23.3 Å². The van der Waals surface area contributed by atoms with Crippen molar-refractivity contribution in [1.29, 1.82) is 0 Å². The van der Waals surface area contributed by atoms with Crippen molar-refractivity contribution in [2.24, 2.45) is 28.6 Å². The number of hydrogen-bond acceptors (Lipinski definition) is 4. The van der Waals surface area contributed by atoms with Crippen molar-refractivity contribution in [3.8, 4) is 0 Å². The van der Waals surface area contributed by atoms with E-state index in [2.05, 4.69) is 39.0 Å². The molecule has 1 fully saturated rings. The molecule has 4 nitrogen and oxygen atoms in total. The topological polar surface area (TPSA) is 60.4 Å². The average molecular weight is 380 g/mol. The van der Waals surface area contributed by atoms with Crippen LogP contribution in [0, 0.1) is 28.6 Å².